The molecule has 0 saturated carbocycles. The van der Waals surface area contributed by atoms with E-state index in [1.807, 2.05) is 6.07 Å². The third-order valence-electron chi connectivity index (χ3n) is 3.54. The van der Waals surface area contributed by atoms with Crippen molar-refractivity contribution in [3.63, 3.8) is 0 Å². The van der Waals surface area contributed by atoms with Crippen LogP contribution in [0, 0.1) is 21.4 Å². The highest BCUT2D eigenvalue weighted by molar-refractivity contribution is 5.68. The number of ether oxygens (including phenoxy) is 1. The first-order valence-corrected chi connectivity index (χ1v) is 6.83. The molecule has 1 aliphatic rings. The van der Waals surface area contributed by atoms with Crippen LogP contribution in [-0.2, 0) is 4.74 Å². The van der Waals surface area contributed by atoms with Gasteiger partial charge < -0.3 is 15.0 Å². The normalized spacial score (nSPS) is 17.5. The number of methoxy groups -OCH3 is 1. The van der Waals surface area contributed by atoms with E-state index < -0.39 is 11.0 Å². The number of nitrogens with one attached hydrogen (secondary N) is 1. The lowest BCUT2D eigenvalue weighted by atomic mass is 10.1. The smallest absolute Gasteiger partial charge is 0.409 e. The maximum absolute atomic E-state index is 11.6. The molecule has 1 saturated heterocycles. The summed E-state index contributed by atoms with van der Waals surface area (Å²) in [7, 11) is 1.32. The molecule has 1 atom stereocenters. The minimum Gasteiger partial charge on any atom is -0.453 e. The van der Waals surface area contributed by atoms with Gasteiger partial charge in [0.25, 0.3) is 5.69 Å². The van der Waals surface area contributed by atoms with E-state index in [9.17, 15) is 14.9 Å². The molecule has 116 valence electrons. The van der Waals surface area contributed by atoms with Gasteiger partial charge in [0, 0.05) is 25.2 Å². The standard InChI is InChI=1S/C14H16N4O4/c1-22-14(19)17-6-2-3-11(9-17)16-12-5-4-10(8-15)7-13(12)18(20)21/h4-5,7,11,16H,2-3,6,9H2,1H3. The van der Waals surface area contributed by atoms with E-state index >= 15 is 0 Å². The van der Waals surface area contributed by atoms with Gasteiger partial charge in [0.1, 0.15) is 5.69 Å². The Labute approximate surface area is 127 Å². The molecule has 1 aromatic carbocycles. The lowest BCUT2D eigenvalue weighted by Crippen LogP contribution is -2.45. The maximum atomic E-state index is 11.6. The van der Waals surface area contributed by atoms with Crippen LogP contribution >= 0.6 is 0 Å². The monoisotopic (exact) mass is 304 g/mol. The number of carbonyl (C=O) groups excluding carboxylic acids is 1. The Bertz CT molecular complexity index is 626. The first kappa shape index (κ1) is 15.6. The van der Waals surface area contributed by atoms with Crippen LogP contribution in [0.2, 0.25) is 0 Å². The molecule has 1 fully saturated rings. The zero-order chi connectivity index (χ0) is 16.1. The molecule has 1 unspecified atom stereocenters. The topological polar surface area (TPSA) is 108 Å². The second-order valence-corrected chi connectivity index (χ2v) is 5.00. The van der Waals surface area contributed by atoms with Crippen molar-refractivity contribution in [3.05, 3.63) is 33.9 Å². The molecule has 0 bridgehead atoms. The number of nitrogens with zero attached hydrogens (tertiary/aromatic N) is 3. The highest BCUT2D eigenvalue weighted by Gasteiger charge is 2.26. The summed E-state index contributed by atoms with van der Waals surface area (Å²) in [6.07, 6.45) is 1.18. The molecule has 8 nitrogen and oxygen atoms in total. The number of rotatable bonds is 3. The van der Waals surface area contributed by atoms with Crippen LogP contribution in [0.4, 0.5) is 16.2 Å². The summed E-state index contributed by atoms with van der Waals surface area (Å²) in [6, 6.07) is 6.07. The zero-order valence-electron chi connectivity index (χ0n) is 12.1. The van der Waals surface area contributed by atoms with E-state index in [0.29, 0.717) is 18.8 Å². The van der Waals surface area contributed by atoms with Gasteiger partial charge in [-0.15, -0.1) is 0 Å². The third-order valence-corrected chi connectivity index (χ3v) is 3.54. The van der Waals surface area contributed by atoms with E-state index in [-0.39, 0.29) is 17.3 Å². The fourth-order valence-corrected chi connectivity index (χ4v) is 2.48. The predicted octanol–water partition coefficient (Wildman–Crippen LogP) is 2.11. The van der Waals surface area contributed by atoms with Gasteiger partial charge in [-0.25, -0.2) is 4.79 Å². The lowest BCUT2D eigenvalue weighted by Gasteiger charge is -2.32. The first-order chi connectivity index (χ1) is 10.5. The number of benzene rings is 1. The molecule has 0 aromatic heterocycles. The van der Waals surface area contributed by atoms with Gasteiger partial charge in [0.2, 0.25) is 0 Å². The number of likely N-dealkylation sites (tertiary alicyclic amines) is 1. The summed E-state index contributed by atoms with van der Waals surface area (Å²) in [5, 5.41) is 23.0. The lowest BCUT2D eigenvalue weighted by molar-refractivity contribution is -0.384. The summed E-state index contributed by atoms with van der Waals surface area (Å²) in [6.45, 7) is 1.03. The van der Waals surface area contributed by atoms with Crippen LogP contribution in [0.15, 0.2) is 18.2 Å². The largest absolute Gasteiger partial charge is 0.453 e. The average molecular weight is 304 g/mol. The Balaban J connectivity index is 2.15. The summed E-state index contributed by atoms with van der Waals surface area (Å²) >= 11 is 0. The molecule has 0 aliphatic carbocycles. The minimum atomic E-state index is -0.524. The number of nitro groups is 1. The van der Waals surface area contributed by atoms with E-state index in [1.165, 1.54) is 25.3 Å². The molecule has 1 heterocycles. The van der Waals surface area contributed by atoms with Crippen molar-refractivity contribution in [2.24, 2.45) is 0 Å². The second kappa shape index (κ2) is 6.76. The summed E-state index contributed by atoms with van der Waals surface area (Å²) in [5.74, 6) is 0. The van der Waals surface area contributed by atoms with Crippen molar-refractivity contribution in [2.45, 2.75) is 18.9 Å². The Morgan fingerprint density at radius 2 is 2.36 bits per heavy atom. The maximum Gasteiger partial charge on any atom is 0.409 e. The fraction of sp³-hybridized carbons (Fsp3) is 0.429. The molecule has 0 spiro atoms. The number of hydrogen-bond donors (Lipinski definition) is 1. The van der Waals surface area contributed by atoms with Crippen molar-refractivity contribution in [1.29, 1.82) is 5.26 Å². The van der Waals surface area contributed by atoms with E-state index in [1.54, 1.807) is 4.90 Å². The Kier molecular flexibility index (Phi) is 4.78. The number of piperidine rings is 1. The number of amides is 1. The number of carbonyl (C=O) groups is 1. The first-order valence-electron chi connectivity index (χ1n) is 6.83. The second-order valence-electron chi connectivity index (χ2n) is 5.00. The Morgan fingerprint density at radius 3 is 3.00 bits per heavy atom. The highest BCUT2D eigenvalue weighted by Crippen LogP contribution is 2.27. The average Bonchev–Trinajstić information content (AvgIpc) is 2.54. The molecule has 22 heavy (non-hydrogen) atoms. The van der Waals surface area contributed by atoms with Gasteiger partial charge in [0.05, 0.1) is 23.7 Å². The minimum absolute atomic E-state index is 0.0977. The molecular weight excluding hydrogens is 288 g/mol. The van der Waals surface area contributed by atoms with Crippen molar-refractivity contribution < 1.29 is 14.5 Å². The molecule has 1 amide bonds. The van der Waals surface area contributed by atoms with Crippen molar-refractivity contribution in [1.82, 2.24) is 4.90 Å². The van der Waals surface area contributed by atoms with Crippen LogP contribution in [0.1, 0.15) is 18.4 Å². The Morgan fingerprint density at radius 1 is 1.59 bits per heavy atom. The molecule has 8 heteroatoms. The molecule has 1 aliphatic heterocycles. The zero-order valence-corrected chi connectivity index (χ0v) is 12.1. The molecule has 2 rings (SSSR count). The molecule has 1 aromatic rings. The Hall–Kier alpha value is -2.82. The highest BCUT2D eigenvalue weighted by atomic mass is 16.6. The predicted molar refractivity (Wildman–Crippen MR) is 78.4 cm³/mol. The SMILES string of the molecule is COC(=O)N1CCCC(Nc2ccc(C#N)cc2[N+](=O)[O-])C1. The quantitative estimate of drug-likeness (QED) is 0.676. The third kappa shape index (κ3) is 3.44. The van der Waals surface area contributed by atoms with Crippen LogP contribution in [0.5, 0.6) is 0 Å². The van der Waals surface area contributed by atoms with Gasteiger partial charge in [0.15, 0.2) is 0 Å². The summed E-state index contributed by atoms with van der Waals surface area (Å²) in [5.41, 5.74) is 0.437. The van der Waals surface area contributed by atoms with Crippen molar-refractivity contribution in [2.75, 3.05) is 25.5 Å². The van der Waals surface area contributed by atoms with Gasteiger partial charge >= 0.3 is 6.09 Å². The van der Waals surface area contributed by atoms with Gasteiger partial charge in [-0.05, 0) is 25.0 Å². The van der Waals surface area contributed by atoms with Gasteiger partial charge in [-0.2, -0.15) is 5.26 Å². The number of nitro benzene ring substituents is 1. The van der Waals surface area contributed by atoms with Crippen LogP contribution in [0.25, 0.3) is 0 Å². The number of hydrogen-bond acceptors (Lipinski definition) is 6. The van der Waals surface area contributed by atoms with Crippen molar-refractivity contribution in [3.8, 4) is 6.07 Å². The van der Waals surface area contributed by atoms with Gasteiger partial charge in [-0.3, -0.25) is 10.1 Å². The van der Waals surface area contributed by atoms with Crippen LogP contribution in [-0.4, -0.2) is 42.2 Å². The number of anilines is 1. The van der Waals surface area contributed by atoms with Crippen LogP contribution < -0.4 is 5.32 Å². The van der Waals surface area contributed by atoms with E-state index in [0.717, 1.165) is 12.8 Å². The molecular formula is C14H16N4O4. The fourth-order valence-electron chi connectivity index (χ4n) is 2.48. The molecule has 1 N–H and O–H groups in total. The van der Waals surface area contributed by atoms with Crippen molar-refractivity contribution >= 4 is 17.5 Å². The molecule has 0 radical (unpaired) electrons. The van der Waals surface area contributed by atoms with Crippen LogP contribution in [0.3, 0.4) is 0 Å². The van der Waals surface area contributed by atoms with Gasteiger partial charge in [-0.1, -0.05) is 0 Å². The number of nitriles is 1. The summed E-state index contributed by atoms with van der Waals surface area (Å²) < 4.78 is 4.70. The summed E-state index contributed by atoms with van der Waals surface area (Å²) in [4.78, 5) is 23.7. The van der Waals surface area contributed by atoms with E-state index in [4.69, 9.17) is 10.00 Å². The van der Waals surface area contributed by atoms with E-state index in [2.05, 4.69) is 5.32 Å².